The number of carbonyl (C=O) groups excluding carboxylic acids is 1. The first kappa shape index (κ1) is 9.81. The van der Waals surface area contributed by atoms with Gasteiger partial charge in [0.05, 0.1) is 6.54 Å². The normalized spacial score (nSPS) is 20.2. The Morgan fingerprint density at radius 3 is 2.83 bits per heavy atom. The lowest BCUT2D eigenvalue weighted by Crippen LogP contribution is -2.48. The van der Waals surface area contributed by atoms with Gasteiger partial charge in [0.15, 0.2) is 0 Å². The third kappa shape index (κ3) is 2.64. The summed E-state index contributed by atoms with van der Waals surface area (Å²) < 4.78 is 0. The van der Waals surface area contributed by atoms with Crippen molar-refractivity contribution in [2.75, 3.05) is 39.1 Å². The molecule has 0 spiro atoms. The maximum Gasteiger partial charge on any atom is 0.236 e. The fourth-order valence-electron chi connectivity index (χ4n) is 1.31. The monoisotopic (exact) mass is 190 g/mol. The van der Waals surface area contributed by atoms with Crippen LogP contribution in [0.4, 0.5) is 0 Å². The Morgan fingerprint density at radius 2 is 2.25 bits per heavy atom. The summed E-state index contributed by atoms with van der Waals surface area (Å²) in [6.07, 6.45) is 0.900. The lowest BCUT2D eigenvalue weighted by Gasteiger charge is -2.31. The average Bonchev–Trinajstić information content (AvgIpc) is 2.03. The van der Waals surface area contributed by atoms with E-state index in [0.29, 0.717) is 12.4 Å². The Balaban J connectivity index is 2.30. The molecule has 1 amide bonds. The number of likely N-dealkylation sites (N-methyl/N-ethyl adjacent to an activating group) is 1. The molecular formula is C8H15ClN2O. The Labute approximate surface area is 78.3 Å². The van der Waals surface area contributed by atoms with E-state index in [1.54, 1.807) is 0 Å². The SMILES string of the molecule is CN1CCN(CCCCl)C(=O)C1. The second-order valence-electron chi connectivity index (χ2n) is 3.16. The third-order valence-corrected chi connectivity index (χ3v) is 2.34. The number of hydrogen-bond donors (Lipinski definition) is 0. The Hall–Kier alpha value is -0.280. The molecule has 0 aromatic heterocycles. The summed E-state index contributed by atoms with van der Waals surface area (Å²) in [6, 6.07) is 0. The van der Waals surface area contributed by atoms with Crippen LogP contribution in [0, 0.1) is 0 Å². The molecule has 70 valence electrons. The molecule has 1 rings (SSSR count). The molecule has 0 saturated carbocycles. The quantitative estimate of drug-likeness (QED) is 0.602. The highest BCUT2D eigenvalue weighted by atomic mass is 35.5. The van der Waals surface area contributed by atoms with E-state index in [-0.39, 0.29) is 5.91 Å². The van der Waals surface area contributed by atoms with E-state index in [9.17, 15) is 4.79 Å². The summed E-state index contributed by atoms with van der Waals surface area (Å²) in [4.78, 5) is 15.3. The second kappa shape index (κ2) is 4.67. The van der Waals surface area contributed by atoms with Crippen LogP contribution in [0.2, 0.25) is 0 Å². The van der Waals surface area contributed by atoms with Gasteiger partial charge in [-0.3, -0.25) is 9.69 Å². The molecule has 1 heterocycles. The van der Waals surface area contributed by atoms with Gasteiger partial charge in [-0.2, -0.15) is 0 Å². The summed E-state index contributed by atoms with van der Waals surface area (Å²) in [5, 5.41) is 0. The molecule has 1 fully saturated rings. The standard InChI is InChI=1S/C8H15ClN2O/c1-10-5-6-11(4-2-3-9)8(12)7-10/h2-7H2,1H3. The predicted octanol–water partition coefficient (Wildman–Crippen LogP) is 0.389. The molecule has 0 aliphatic carbocycles. The summed E-state index contributed by atoms with van der Waals surface area (Å²) in [5.41, 5.74) is 0. The molecule has 1 aliphatic heterocycles. The van der Waals surface area contributed by atoms with Crippen LogP contribution in [0.25, 0.3) is 0 Å². The molecule has 0 unspecified atom stereocenters. The zero-order valence-corrected chi connectivity index (χ0v) is 8.18. The minimum absolute atomic E-state index is 0.230. The van der Waals surface area contributed by atoms with Crippen LogP contribution in [-0.4, -0.2) is 54.8 Å². The fourth-order valence-corrected chi connectivity index (χ4v) is 1.43. The van der Waals surface area contributed by atoms with Crippen LogP contribution >= 0.6 is 11.6 Å². The van der Waals surface area contributed by atoms with Gasteiger partial charge >= 0.3 is 0 Å². The van der Waals surface area contributed by atoms with Crippen LogP contribution in [0.15, 0.2) is 0 Å². The van der Waals surface area contributed by atoms with Gasteiger partial charge < -0.3 is 4.90 Å². The highest BCUT2D eigenvalue weighted by Crippen LogP contribution is 2.02. The van der Waals surface area contributed by atoms with Crippen LogP contribution in [0.5, 0.6) is 0 Å². The molecular weight excluding hydrogens is 176 g/mol. The van der Waals surface area contributed by atoms with Gasteiger partial charge in [-0.25, -0.2) is 0 Å². The van der Waals surface area contributed by atoms with Crippen molar-refractivity contribution in [2.45, 2.75) is 6.42 Å². The summed E-state index contributed by atoms with van der Waals surface area (Å²) in [5.74, 6) is 0.869. The number of amides is 1. The first-order valence-corrected chi connectivity index (χ1v) is 4.80. The van der Waals surface area contributed by atoms with Gasteiger partial charge in [0.2, 0.25) is 5.91 Å². The van der Waals surface area contributed by atoms with E-state index in [2.05, 4.69) is 0 Å². The lowest BCUT2D eigenvalue weighted by atomic mass is 10.3. The van der Waals surface area contributed by atoms with E-state index >= 15 is 0 Å². The lowest BCUT2D eigenvalue weighted by molar-refractivity contribution is -0.135. The van der Waals surface area contributed by atoms with Crippen LogP contribution < -0.4 is 0 Å². The Morgan fingerprint density at radius 1 is 1.50 bits per heavy atom. The van der Waals surface area contributed by atoms with Crippen molar-refractivity contribution in [3.8, 4) is 0 Å². The number of nitrogens with zero attached hydrogens (tertiary/aromatic N) is 2. The summed E-state index contributed by atoms with van der Waals surface area (Å²) in [6.45, 7) is 3.21. The number of rotatable bonds is 3. The maximum absolute atomic E-state index is 11.4. The maximum atomic E-state index is 11.4. The molecule has 0 atom stereocenters. The molecule has 0 N–H and O–H groups in total. The smallest absolute Gasteiger partial charge is 0.236 e. The van der Waals surface area contributed by atoms with Crippen molar-refractivity contribution in [2.24, 2.45) is 0 Å². The molecule has 0 aromatic rings. The minimum atomic E-state index is 0.230. The highest BCUT2D eigenvalue weighted by molar-refractivity contribution is 6.17. The summed E-state index contributed by atoms with van der Waals surface area (Å²) in [7, 11) is 1.97. The van der Waals surface area contributed by atoms with Crippen LogP contribution in [-0.2, 0) is 4.79 Å². The third-order valence-electron chi connectivity index (χ3n) is 2.07. The van der Waals surface area contributed by atoms with Crippen molar-refractivity contribution in [1.29, 1.82) is 0 Å². The molecule has 1 saturated heterocycles. The van der Waals surface area contributed by atoms with E-state index in [1.165, 1.54) is 0 Å². The number of halogens is 1. The first-order valence-electron chi connectivity index (χ1n) is 4.26. The zero-order valence-electron chi connectivity index (χ0n) is 7.42. The van der Waals surface area contributed by atoms with E-state index in [1.807, 2.05) is 16.8 Å². The molecule has 12 heavy (non-hydrogen) atoms. The van der Waals surface area contributed by atoms with Crippen LogP contribution in [0.1, 0.15) is 6.42 Å². The number of piperazine rings is 1. The topological polar surface area (TPSA) is 23.6 Å². The van der Waals surface area contributed by atoms with Gasteiger partial charge in [0.1, 0.15) is 0 Å². The highest BCUT2D eigenvalue weighted by Gasteiger charge is 2.20. The van der Waals surface area contributed by atoms with Crippen molar-refractivity contribution >= 4 is 17.5 Å². The van der Waals surface area contributed by atoms with Gasteiger partial charge in [0, 0.05) is 25.5 Å². The molecule has 1 aliphatic rings. The molecule has 0 bridgehead atoms. The number of carbonyl (C=O) groups is 1. The van der Waals surface area contributed by atoms with E-state index in [0.717, 1.165) is 26.1 Å². The Kier molecular flexibility index (Phi) is 3.82. The summed E-state index contributed by atoms with van der Waals surface area (Å²) >= 11 is 5.55. The number of hydrogen-bond acceptors (Lipinski definition) is 2. The fraction of sp³-hybridized carbons (Fsp3) is 0.875. The van der Waals surface area contributed by atoms with Crippen molar-refractivity contribution < 1.29 is 4.79 Å². The van der Waals surface area contributed by atoms with Gasteiger partial charge in [-0.1, -0.05) is 0 Å². The van der Waals surface area contributed by atoms with Gasteiger partial charge in [-0.05, 0) is 13.5 Å². The molecule has 0 aromatic carbocycles. The molecule has 3 nitrogen and oxygen atoms in total. The van der Waals surface area contributed by atoms with E-state index < -0.39 is 0 Å². The average molecular weight is 191 g/mol. The van der Waals surface area contributed by atoms with Gasteiger partial charge in [0.25, 0.3) is 0 Å². The first-order chi connectivity index (χ1) is 5.74. The van der Waals surface area contributed by atoms with Crippen molar-refractivity contribution in [1.82, 2.24) is 9.80 Å². The zero-order chi connectivity index (χ0) is 8.97. The van der Waals surface area contributed by atoms with Gasteiger partial charge in [-0.15, -0.1) is 11.6 Å². The van der Waals surface area contributed by atoms with Crippen molar-refractivity contribution in [3.63, 3.8) is 0 Å². The largest absolute Gasteiger partial charge is 0.340 e. The second-order valence-corrected chi connectivity index (χ2v) is 3.54. The molecule has 4 heteroatoms. The van der Waals surface area contributed by atoms with Crippen molar-refractivity contribution in [3.05, 3.63) is 0 Å². The minimum Gasteiger partial charge on any atom is -0.340 e. The predicted molar refractivity (Wildman–Crippen MR) is 49.4 cm³/mol. The number of alkyl halides is 1. The Bertz CT molecular complexity index is 161. The van der Waals surface area contributed by atoms with E-state index in [4.69, 9.17) is 11.6 Å². The van der Waals surface area contributed by atoms with Crippen LogP contribution in [0.3, 0.4) is 0 Å². The molecule has 0 radical (unpaired) electrons.